The predicted molar refractivity (Wildman–Crippen MR) is 86.8 cm³/mol. The lowest BCUT2D eigenvalue weighted by atomic mass is 9.72. The normalized spacial score (nSPS) is 13.4. The molecule has 0 aliphatic rings. The molecular weight excluding hydrogens is 228 g/mol. The summed E-state index contributed by atoms with van der Waals surface area (Å²) in [5.74, 6) is 1.38. The molecule has 1 aromatic rings. The maximum absolute atomic E-state index is 2.43. The summed E-state index contributed by atoms with van der Waals surface area (Å²) in [5.41, 5.74) is 3.45. The van der Waals surface area contributed by atoms with Crippen LogP contribution in [-0.2, 0) is 10.8 Å². The monoisotopic (exact) mass is 260 g/mol. The van der Waals surface area contributed by atoms with E-state index in [1.165, 1.54) is 17.5 Å². The van der Waals surface area contributed by atoms with Gasteiger partial charge in [-0.1, -0.05) is 79.7 Å². The maximum atomic E-state index is 2.43. The Morgan fingerprint density at radius 2 is 1.42 bits per heavy atom. The van der Waals surface area contributed by atoms with Crippen molar-refractivity contribution in [2.45, 2.75) is 72.6 Å². The summed E-state index contributed by atoms with van der Waals surface area (Å²) in [7, 11) is 0. The lowest BCUT2D eigenvalue weighted by Gasteiger charge is -2.33. The van der Waals surface area contributed by atoms with Crippen molar-refractivity contribution in [2.24, 2.45) is 11.8 Å². The quantitative estimate of drug-likeness (QED) is 0.614. The minimum absolute atomic E-state index is 0.240. The summed E-state index contributed by atoms with van der Waals surface area (Å²) >= 11 is 0. The molecule has 0 spiro atoms. The molecule has 0 aliphatic carbocycles. The van der Waals surface area contributed by atoms with Crippen molar-refractivity contribution in [2.75, 3.05) is 0 Å². The fourth-order valence-electron chi connectivity index (χ4n) is 2.81. The second kappa shape index (κ2) is 5.69. The third-order valence-corrected chi connectivity index (χ3v) is 4.75. The third kappa shape index (κ3) is 3.84. The fourth-order valence-corrected chi connectivity index (χ4v) is 2.81. The molecule has 0 bridgehead atoms. The van der Waals surface area contributed by atoms with E-state index in [9.17, 15) is 0 Å². The highest BCUT2D eigenvalue weighted by Gasteiger charge is 2.27. The van der Waals surface area contributed by atoms with Gasteiger partial charge in [0.1, 0.15) is 0 Å². The van der Waals surface area contributed by atoms with Crippen LogP contribution in [0.5, 0.6) is 0 Å². The van der Waals surface area contributed by atoms with Crippen molar-refractivity contribution in [1.82, 2.24) is 0 Å². The Hall–Kier alpha value is -0.780. The van der Waals surface area contributed by atoms with Crippen LogP contribution in [0.15, 0.2) is 24.3 Å². The van der Waals surface area contributed by atoms with E-state index in [0.717, 1.165) is 5.92 Å². The molecule has 0 heterocycles. The van der Waals surface area contributed by atoms with Crippen molar-refractivity contribution in [3.63, 3.8) is 0 Å². The number of rotatable bonds is 5. The first-order valence-corrected chi connectivity index (χ1v) is 7.68. The maximum Gasteiger partial charge on any atom is -0.00805 e. The van der Waals surface area contributed by atoms with Gasteiger partial charge in [0.05, 0.1) is 0 Å². The molecule has 108 valence electrons. The summed E-state index contributed by atoms with van der Waals surface area (Å²) < 4.78 is 0. The summed E-state index contributed by atoms with van der Waals surface area (Å²) in [6, 6.07) is 9.25. The molecule has 0 unspecified atom stereocenters. The Morgan fingerprint density at radius 1 is 0.895 bits per heavy atom. The number of hydrogen-bond donors (Lipinski definition) is 0. The second-order valence-corrected chi connectivity index (χ2v) is 7.94. The number of hydrogen-bond acceptors (Lipinski definition) is 0. The molecule has 0 saturated carbocycles. The zero-order chi connectivity index (χ0) is 14.8. The van der Waals surface area contributed by atoms with Crippen molar-refractivity contribution in [3.8, 4) is 0 Å². The van der Waals surface area contributed by atoms with Crippen molar-refractivity contribution < 1.29 is 0 Å². The number of benzene rings is 1. The first-order valence-electron chi connectivity index (χ1n) is 7.68. The summed E-state index contributed by atoms with van der Waals surface area (Å²) in [4.78, 5) is 0. The van der Waals surface area contributed by atoms with Gasteiger partial charge >= 0.3 is 0 Å². The van der Waals surface area contributed by atoms with Crippen LogP contribution in [0.1, 0.15) is 72.9 Å². The highest BCUT2D eigenvalue weighted by molar-refractivity contribution is 5.33. The van der Waals surface area contributed by atoms with Crippen LogP contribution in [-0.4, -0.2) is 0 Å². The van der Waals surface area contributed by atoms with Gasteiger partial charge in [-0.05, 0) is 40.2 Å². The van der Waals surface area contributed by atoms with E-state index >= 15 is 0 Å². The molecule has 1 rings (SSSR count). The molecular formula is C19H32. The predicted octanol–water partition coefficient (Wildman–Crippen LogP) is 5.94. The van der Waals surface area contributed by atoms with E-state index in [0.29, 0.717) is 5.92 Å². The molecule has 0 fully saturated rings. The third-order valence-electron chi connectivity index (χ3n) is 4.75. The Labute approximate surface area is 120 Å². The van der Waals surface area contributed by atoms with Gasteiger partial charge in [0.25, 0.3) is 0 Å². The SMILES string of the molecule is CC(C)CC(C)(C)c1cccc(C(C)(C)C(C)C)c1. The van der Waals surface area contributed by atoms with Crippen molar-refractivity contribution >= 4 is 0 Å². The van der Waals surface area contributed by atoms with Crippen LogP contribution in [0.25, 0.3) is 0 Å². The minimum Gasteiger partial charge on any atom is -0.0627 e. The van der Waals surface area contributed by atoms with E-state index < -0.39 is 0 Å². The molecule has 0 aliphatic heterocycles. The van der Waals surface area contributed by atoms with Gasteiger partial charge in [-0.2, -0.15) is 0 Å². The highest BCUT2D eigenvalue weighted by atomic mass is 14.3. The van der Waals surface area contributed by atoms with Gasteiger partial charge < -0.3 is 0 Å². The fraction of sp³-hybridized carbons (Fsp3) is 0.684. The second-order valence-electron chi connectivity index (χ2n) is 7.94. The van der Waals surface area contributed by atoms with E-state index in [-0.39, 0.29) is 10.8 Å². The van der Waals surface area contributed by atoms with Crippen LogP contribution in [0.4, 0.5) is 0 Å². The van der Waals surface area contributed by atoms with E-state index in [1.807, 2.05) is 0 Å². The first kappa shape index (κ1) is 16.3. The van der Waals surface area contributed by atoms with E-state index in [4.69, 9.17) is 0 Å². The first-order chi connectivity index (χ1) is 8.57. The zero-order valence-electron chi connectivity index (χ0n) is 14.2. The lowest BCUT2D eigenvalue weighted by Crippen LogP contribution is -2.26. The molecule has 0 heteroatoms. The van der Waals surface area contributed by atoms with Crippen LogP contribution in [0.2, 0.25) is 0 Å². The van der Waals surface area contributed by atoms with Gasteiger partial charge in [0.2, 0.25) is 0 Å². The van der Waals surface area contributed by atoms with Crippen LogP contribution >= 0.6 is 0 Å². The van der Waals surface area contributed by atoms with Gasteiger partial charge in [0.15, 0.2) is 0 Å². The minimum atomic E-state index is 0.240. The Balaban J connectivity index is 3.14. The molecule has 0 aromatic heterocycles. The summed E-state index contributed by atoms with van der Waals surface area (Å²) in [5, 5.41) is 0. The smallest absolute Gasteiger partial charge is 0.00805 e. The molecule has 0 N–H and O–H groups in total. The van der Waals surface area contributed by atoms with Crippen molar-refractivity contribution in [1.29, 1.82) is 0 Å². The average molecular weight is 260 g/mol. The summed E-state index contributed by atoms with van der Waals surface area (Å²) in [6.07, 6.45) is 1.23. The molecule has 0 saturated heterocycles. The lowest BCUT2D eigenvalue weighted by molar-refractivity contribution is 0.368. The highest BCUT2D eigenvalue weighted by Crippen LogP contribution is 2.36. The van der Waals surface area contributed by atoms with Gasteiger partial charge in [0, 0.05) is 0 Å². The van der Waals surface area contributed by atoms with Gasteiger partial charge in [-0.3, -0.25) is 0 Å². The Kier molecular flexibility index (Phi) is 4.87. The zero-order valence-corrected chi connectivity index (χ0v) is 14.2. The molecule has 1 aromatic carbocycles. The molecule has 0 amide bonds. The van der Waals surface area contributed by atoms with Crippen LogP contribution < -0.4 is 0 Å². The van der Waals surface area contributed by atoms with Crippen molar-refractivity contribution in [3.05, 3.63) is 35.4 Å². The summed E-state index contributed by atoms with van der Waals surface area (Å²) in [6.45, 7) is 18.7. The van der Waals surface area contributed by atoms with Crippen LogP contribution in [0.3, 0.4) is 0 Å². The molecule has 0 radical (unpaired) electrons. The average Bonchev–Trinajstić information content (AvgIpc) is 2.27. The van der Waals surface area contributed by atoms with E-state index in [1.54, 1.807) is 0 Å². The largest absolute Gasteiger partial charge is 0.0627 e. The van der Waals surface area contributed by atoms with Gasteiger partial charge in [-0.15, -0.1) is 0 Å². The molecule has 0 nitrogen and oxygen atoms in total. The Bertz CT molecular complexity index is 408. The molecule has 19 heavy (non-hydrogen) atoms. The topological polar surface area (TPSA) is 0 Å². The molecule has 0 atom stereocenters. The van der Waals surface area contributed by atoms with Gasteiger partial charge in [-0.25, -0.2) is 0 Å². The van der Waals surface area contributed by atoms with Crippen LogP contribution in [0, 0.1) is 11.8 Å². The standard InChI is InChI=1S/C19H32/c1-14(2)13-18(5,6)16-10-9-11-17(12-16)19(7,8)15(3)4/h9-12,14-15H,13H2,1-8H3. The van der Waals surface area contributed by atoms with E-state index in [2.05, 4.69) is 79.7 Å². The Morgan fingerprint density at radius 3 is 1.89 bits per heavy atom.